The Morgan fingerprint density at radius 1 is 1.32 bits per heavy atom. The maximum atomic E-state index is 12.1. The summed E-state index contributed by atoms with van der Waals surface area (Å²) in [5.74, 6) is -0.786. The van der Waals surface area contributed by atoms with Crippen LogP contribution in [0.4, 0.5) is 4.79 Å². The standard InChI is InChI=1S/C18H28N2O5/c1-11(2)15(16(21)22)13-10-14(25-19-13)12-6-8-20(9-7-12)17(23)24-18(3,4)5/h10-12,15H,6-9H2,1-5H3,(H,21,22). The number of carboxylic acid groups (broad SMARTS) is 1. The molecular weight excluding hydrogens is 324 g/mol. The number of likely N-dealkylation sites (tertiary alicyclic amines) is 1. The second kappa shape index (κ2) is 7.45. The van der Waals surface area contributed by atoms with Crippen LogP contribution in [0.15, 0.2) is 10.6 Å². The molecule has 1 atom stereocenters. The van der Waals surface area contributed by atoms with Gasteiger partial charge in [-0.2, -0.15) is 0 Å². The Morgan fingerprint density at radius 3 is 2.40 bits per heavy atom. The van der Waals surface area contributed by atoms with Crippen molar-refractivity contribution in [1.29, 1.82) is 0 Å². The molecule has 0 bridgehead atoms. The fraction of sp³-hybridized carbons (Fsp3) is 0.722. The van der Waals surface area contributed by atoms with Crippen LogP contribution in [-0.2, 0) is 9.53 Å². The monoisotopic (exact) mass is 352 g/mol. The Kier molecular flexibility index (Phi) is 5.75. The van der Waals surface area contributed by atoms with Gasteiger partial charge < -0.3 is 19.3 Å². The van der Waals surface area contributed by atoms with E-state index in [1.54, 1.807) is 11.0 Å². The largest absolute Gasteiger partial charge is 0.481 e. The summed E-state index contributed by atoms with van der Waals surface area (Å²) in [4.78, 5) is 25.2. The molecule has 0 aliphatic carbocycles. The van der Waals surface area contributed by atoms with E-state index < -0.39 is 17.5 Å². The maximum absolute atomic E-state index is 12.1. The molecule has 1 aliphatic heterocycles. The van der Waals surface area contributed by atoms with Gasteiger partial charge in [-0.05, 0) is 39.5 Å². The number of hydrogen-bond acceptors (Lipinski definition) is 5. The van der Waals surface area contributed by atoms with Crippen molar-refractivity contribution in [2.45, 2.75) is 64.9 Å². The van der Waals surface area contributed by atoms with Crippen LogP contribution in [0, 0.1) is 5.92 Å². The summed E-state index contributed by atoms with van der Waals surface area (Å²) >= 11 is 0. The normalized spacial score (nSPS) is 17.6. The van der Waals surface area contributed by atoms with Gasteiger partial charge in [0.1, 0.15) is 17.3 Å². The molecule has 1 N–H and O–H groups in total. The molecule has 0 aromatic carbocycles. The lowest BCUT2D eigenvalue weighted by atomic mass is 9.90. The zero-order valence-corrected chi connectivity index (χ0v) is 15.6. The predicted molar refractivity (Wildman–Crippen MR) is 91.5 cm³/mol. The van der Waals surface area contributed by atoms with Gasteiger partial charge in [-0.1, -0.05) is 19.0 Å². The molecule has 2 heterocycles. The number of amides is 1. The molecule has 2 rings (SSSR count). The third kappa shape index (κ3) is 4.96. The minimum Gasteiger partial charge on any atom is -0.481 e. The fourth-order valence-electron chi connectivity index (χ4n) is 3.07. The molecule has 0 spiro atoms. The number of hydrogen-bond donors (Lipinski definition) is 1. The Labute approximate surface area is 148 Å². The zero-order chi connectivity index (χ0) is 18.8. The van der Waals surface area contributed by atoms with Gasteiger partial charge in [-0.25, -0.2) is 4.79 Å². The van der Waals surface area contributed by atoms with Crippen LogP contribution in [0.1, 0.15) is 70.8 Å². The van der Waals surface area contributed by atoms with E-state index in [9.17, 15) is 14.7 Å². The first-order valence-electron chi connectivity index (χ1n) is 8.75. The van der Waals surface area contributed by atoms with E-state index in [0.29, 0.717) is 24.5 Å². The number of aliphatic carboxylic acids is 1. The highest BCUT2D eigenvalue weighted by Crippen LogP contribution is 2.32. The molecular formula is C18H28N2O5. The summed E-state index contributed by atoms with van der Waals surface area (Å²) in [6, 6.07) is 1.76. The fourth-order valence-corrected chi connectivity index (χ4v) is 3.07. The summed E-state index contributed by atoms with van der Waals surface area (Å²) in [5, 5.41) is 13.3. The van der Waals surface area contributed by atoms with E-state index in [-0.39, 0.29) is 17.9 Å². The highest BCUT2D eigenvalue weighted by molar-refractivity contribution is 5.75. The molecule has 1 aliphatic rings. The van der Waals surface area contributed by atoms with Crippen molar-refractivity contribution in [3.8, 4) is 0 Å². The van der Waals surface area contributed by atoms with Crippen molar-refractivity contribution in [1.82, 2.24) is 10.1 Å². The highest BCUT2D eigenvalue weighted by atomic mass is 16.6. The number of piperidine rings is 1. The molecule has 1 aromatic heterocycles. The number of carboxylic acids is 1. The number of rotatable bonds is 4. The number of carbonyl (C=O) groups excluding carboxylic acids is 1. The number of carbonyl (C=O) groups is 2. The third-order valence-corrected chi connectivity index (χ3v) is 4.35. The zero-order valence-electron chi connectivity index (χ0n) is 15.6. The summed E-state index contributed by atoms with van der Waals surface area (Å²) in [5.41, 5.74) is -0.0386. The first-order valence-corrected chi connectivity index (χ1v) is 8.75. The van der Waals surface area contributed by atoms with Crippen LogP contribution in [0.2, 0.25) is 0 Å². The van der Waals surface area contributed by atoms with Crippen molar-refractivity contribution in [2.24, 2.45) is 5.92 Å². The maximum Gasteiger partial charge on any atom is 0.410 e. The molecule has 0 saturated carbocycles. The van der Waals surface area contributed by atoms with Crippen LogP contribution < -0.4 is 0 Å². The molecule has 7 nitrogen and oxygen atoms in total. The summed E-state index contributed by atoms with van der Waals surface area (Å²) in [6.07, 6.45) is 1.19. The highest BCUT2D eigenvalue weighted by Gasteiger charge is 2.32. The summed E-state index contributed by atoms with van der Waals surface area (Å²) in [6.45, 7) is 10.4. The number of aromatic nitrogens is 1. The second-order valence-corrected chi connectivity index (χ2v) is 7.96. The Balaban J connectivity index is 1.97. The number of nitrogens with zero attached hydrogens (tertiary/aromatic N) is 2. The second-order valence-electron chi connectivity index (χ2n) is 7.96. The number of ether oxygens (including phenoxy) is 1. The van der Waals surface area contributed by atoms with Crippen LogP contribution in [0.25, 0.3) is 0 Å². The minimum absolute atomic E-state index is 0.0653. The van der Waals surface area contributed by atoms with Gasteiger partial charge in [0, 0.05) is 25.1 Å². The molecule has 25 heavy (non-hydrogen) atoms. The smallest absolute Gasteiger partial charge is 0.410 e. The Morgan fingerprint density at radius 2 is 1.92 bits per heavy atom. The van der Waals surface area contributed by atoms with Crippen molar-refractivity contribution >= 4 is 12.1 Å². The van der Waals surface area contributed by atoms with Crippen molar-refractivity contribution < 1.29 is 24.0 Å². The lowest BCUT2D eigenvalue weighted by Gasteiger charge is -2.32. The molecule has 1 aromatic rings. The average Bonchev–Trinajstić information content (AvgIpc) is 2.94. The Hall–Kier alpha value is -2.05. The SMILES string of the molecule is CC(C)C(C(=O)O)c1cc(C2CCN(C(=O)OC(C)(C)C)CC2)on1. The van der Waals surface area contributed by atoms with E-state index in [2.05, 4.69) is 5.16 Å². The molecule has 0 radical (unpaired) electrons. The van der Waals surface area contributed by atoms with Crippen molar-refractivity contribution in [2.75, 3.05) is 13.1 Å². The molecule has 7 heteroatoms. The Bertz CT molecular complexity index is 609. The van der Waals surface area contributed by atoms with Crippen molar-refractivity contribution in [3.05, 3.63) is 17.5 Å². The van der Waals surface area contributed by atoms with Crippen molar-refractivity contribution in [3.63, 3.8) is 0 Å². The van der Waals surface area contributed by atoms with Crippen LogP contribution in [0.5, 0.6) is 0 Å². The molecule has 140 valence electrons. The minimum atomic E-state index is -0.894. The first-order chi connectivity index (χ1) is 11.6. The van der Waals surface area contributed by atoms with Gasteiger partial charge in [0.15, 0.2) is 0 Å². The first kappa shape index (κ1) is 19.3. The summed E-state index contributed by atoms with van der Waals surface area (Å²) in [7, 11) is 0. The molecule has 1 amide bonds. The van der Waals surface area contributed by atoms with E-state index >= 15 is 0 Å². The van der Waals surface area contributed by atoms with Gasteiger partial charge >= 0.3 is 12.1 Å². The van der Waals surface area contributed by atoms with Gasteiger partial charge in [0.2, 0.25) is 0 Å². The van der Waals surface area contributed by atoms with E-state index in [0.717, 1.165) is 12.8 Å². The topological polar surface area (TPSA) is 92.9 Å². The van der Waals surface area contributed by atoms with Gasteiger partial charge in [0.05, 0.1) is 5.69 Å². The lowest BCUT2D eigenvalue weighted by molar-refractivity contribution is -0.140. The molecule has 1 unspecified atom stereocenters. The third-order valence-electron chi connectivity index (χ3n) is 4.35. The lowest BCUT2D eigenvalue weighted by Crippen LogP contribution is -2.41. The van der Waals surface area contributed by atoms with E-state index in [4.69, 9.17) is 9.26 Å². The molecule has 1 fully saturated rings. The van der Waals surface area contributed by atoms with Crippen LogP contribution in [0.3, 0.4) is 0 Å². The summed E-state index contributed by atoms with van der Waals surface area (Å²) < 4.78 is 10.8. The van der Waals surface area contributed by atoms with Gasteiger partial charge in [0.25, 0.3) is 0 Å². The van der Waals surface area contributed by atoms with E-state index in [1.165, 1.54) is 0 Å². The van der Waals surface area contributed by atoms with Crippen LogP contribution >= 0.6 is 0 Å². The quantitative estimate of drug-likeness (QED) is 0.890. The molecule has 1 saturated heterocycles. The van der Waals surface area contributed by atoms with E-state index in [1.807, 2.05) is 34.6 Å². The predicted octanol–water partition coefficient (Wildman–Crippen LogP) is 3.61. The van der Waals surface area contributed by atoms with Gasteiger partial charge in [-0.3, -0.25) is 4.79 Å². The van der Waals surface area contributed by atoms with Gasteiger partial charge in [-0.15, -0.1) is 0 Å². The van der Waals surface area contributed by atoms with Crippen LogP contribution in [-0.4, -0.2) is 45.9 Å². The average molecular weight is 352 g/mol.